The standard InChI is InChI=1S/C15H28N2O2/c1-3-4-5-6-7-8-9-10-14-16-11-12-17(14,2)13-15(18)19/h3-13H2,1-2H3/p+1. The van der Waals surface area contributed by atoms with Gasteiger partial charge >= 0.3 is 5.97 Å². The van der Waals surface area contributed by atoms with Crippen molar-refractivity contribution in [1.29, 1.82) is 0 Å². The third kappa shape index (κ3) is 5.72. The Morgan fingerprint density at radius 3 is 2.47 bits per heavy atom. The van der Waals surface area contributed by atoms with E-state index in [-0.39, 0.29) is 6.54 Å². The van der Waals surface area contributed by atoms with Crippen LogP contribution in [-0.2, 0) is 4.79 Å². The van der Waals surface area contributed by atoms with E-state index in [0.29, 0.717) is 4.48 Å². The van der Waals surface area contributed by atoms with Crippen molar-refractivity contribution in [2.45, 2.75) is 58.3 Å². The number of hydrogen-bond donors (Lipinski definition) is 1. The zero-order valence-corrected chi connectivity index (χ0v) is 12.5. The van der Waals surface area contributed by atoms with Gasteiger partial charge in [-0.2, -0.15) is 0 Å². The molecule has 1 aliphatic rings. The topological polar surface area (TPSA) is 49.7 Å². The van der Waals surface area contributed by atoms with E-state index in [1.54, 1.807) is 0 Å². The molecule has 0 amide bonds. The maximum atomic E-state index is 10.9. The Morgan fingerprint density at radius 1 is 1.21 bits per heavy atom. The molecular formula is C15H29N2O2+. The van der Waals surface area contributed by atoms with Crippen LogP contribution in [0.25, 0.3) is 0 Å². The molecule has 1 atom stereocenters. The summed E-state index contributed by atoms with van der Waals surface area (Å²) in [6.07, 6.45) is 10.00. The molecule has 0 radical (unpaired) electrons. The fourth-order valence-corrected chi connectivity index (χ4v) is 2.76. The van der Waals surface area contributed by atoms with Crippen LogP contribution >= 0.6 is 0 Å². The highest BCUT2D eigenvalue weighted by atomic mass is 16.4. The molecule has 0 aliphatic carbocycles. The van der Waals surface area contributed by atoms with Crippen molar-refractivity contribution >= 4 is 11.8 Å². The first-order chi connectivity index (χ1) is 9.08. The third-order valence-corrected chi connectivity index (χ3v) is 4.00. The van der Waals surface area contributed by atoms with Crippen LogP contribution < -0.4 is 0 Å². The van der Waals surface area contributed by atoms with Gasteiger partial charge in [0.1, 0.15) is 6.54 Å². The van der Waals surface area contributed by atoms with Crippen LogP contribution in [0.2, 0.25) is 0 Å². The number of carbonyl (C=O) groups is 1. The van der Waals surface area contributed by atoms with Gasteiger partial charge in [-0.3, -0.25) is 4.48 Å². The van der Waals surface area contributed by atoms with Gasteiger partial charge in [-0.25, -0.2) is 9.79 Å². The van der Waals surface area contributed by atoms with Gasteiger partial charge in [0.2, 0.25) is 0 Å². The summed E-state index contributed by atoms with van der Waals surface area (Å²) in [7, 11) is 2.00. The molecule has 1 unspecified atom stereocenters. The Labute approximate surface area is 117 Å². The molecule has 1 heterocycles. The largest absolute Gasteiger partial charge is 0.477 e. The molecule has 1 rings (SSSR count). The highest BCUT2D eigenvalue weighted by Crippen LogP contribution is 2.17. The van der Waals surface area contributed by atoms with E-state index in [9.17, 15) is 4.79 Å². The van der Waals surface area contributed by atoms with Crippen molar-refractivity contribution in [2.24, 2.45) is 4.99 Å². The summed E-state index contributed by atoms with van der Waals surface area (Å²) >= 11 is 0. The molecule has 0 spiro atoms. The zero-order valence-electron chi connectivity index (χ0n) is 12.5. The van der Waals surface area contributed by atoms with Gasteiger partial charge in [0, 0.05) is 6.42 Å². The van der Waals surface area contributed by atoms with Gasteiger partial charge in [-0.1, -0.05) is 45.4 Å². The fraction of sp³-hybridized carbons (Fsp3) is 0.867. The van der Waals surface area contributed by atoms with Crippen LogP contribution in [0.5, 0.6) is 0 Å². The van der Waals surface area contributed by atoms with Gasteiger partial charge in [-0.05, 0) is 6.42 Å². The number of aliphatic carboxylic acids is 1. The molecule has 0 aromatic rings. The quantitative estimate of drug-likeness (QED) is 0.489. The second kappa shape index (κ2) is 8.31. The number of carboxylic acids is 1. The van der Waals surface area contributed by atoms with Crippen LogP contribution in [-0.4, -0.2) is 48.1 Å². The minimum absolute atomic E-state index is 0.176. The number of quaternary nitrogens is 1. The Bertz CT molecular complexity index is 315. The predicted octanol–water partition coefficient (Wildman–Crippen LogP) is 3.07. The summed E-state index contributed by atoms with van der Waals surface area (Å²) in [5.41, 5.74) is 0. The van der Waals surface area contributed by atoms with E-state index in [4.69, 9.17) is 5.11 Å². The lowest BCUT2D eigenvalue weighted by Gasteiger charge is -2.28. The van der Waals surface area contributed by atoms with Gasteiger partial charge in [0.05, 0.1) is 13.6 Å². The van der Waals surface area contributed by atoms with Crippen molar-refractivity contribution in [3.63, 3.8) is 0 Å². The van der Waals surface area contributed by atoms with Crippen LogP contribution in [0.4, 0.5) is 0 Å². The Balaban J connectivity index is 2.19. The minimum Gasteiger partial charge on any atom is -0.477 e. The number of rotatable bonds is 10. The zero-order chi connectivity index (χ0) is 14.1. The van der Waals surface area contributed by atoms with Crippen LogP contribution in [0, 0.1) is 0 Å². The lowest BCUT2D eigenvalue weighted by atomic mass is 10.1. The van der Waals surface area contributed by atoms with Crippen LogP contribution in [0.15, 0.2) is 4.99 Å². The molecule has 0 aromatic carbocycles. The molecule has 0 aromatic heterocycles. The number of carboxylic acid groups (broad SMARTS) is 1. The first-order valence-electron chi connectivity index (χ1n) is 7.69. The lowest BCUT2D eigenvalue weighted by molar-refractivity contribution is -0.807. The van der Waals surface area contributed by atoms with Crippen molar-refractivity contribution in [3.8, 4) is 0 Å². The maximum Gasteiger partial charge on any atom is 0.359 e. The lowest BCUT2D eigenvalue weighted by Crippen LogP contribution is -2.50. The Kier molecular flexibility index (Phi) is 7.06. The molecule has 0 fully saturated rings. The molecule has 110 valence electrons. The van der Waals surface area contributed by atoms with Crippen LogP contribution in [0.3, 0.4) is 0 Å². The molecular weight excluding hydrogens is 240 g/mol. The van der Waals surface area contributed by atoms with E-state index in [2.05, 4.69) is 11.9 Å². The highest BCUT2D eigenvalue weighted by molar-refractivity contribution is 5.79. The first-order valence-corrected chi connectivity index (χ1v) is 7.69. The molecule has 0 saturated carbocycles. The summed E-state index contributed by atoms with van der Waals surface area (Å²) < 4.78 is 0.519. The average molecular weight is 269 g/mol. The average Bonchev–Trinajstić information content (AvgIpc) is 2.68. The van der Waals surface area contributed by atoms with E-state index in [1.807, 2.05) is 7.05 Å². The number of nitrogens with zero attached hydrogens (tertiary/aromatic N) is 2. The number of amidine groups is 1. The predicted molar refractivity (Wildman–Crippen MR) is 78.5 cm³/mol. The maximum absolute atomic E-state index is 10.9. The van der Waals surface area contributed by atoms with E-state index in [0.717, 1.165) is 31.8 Å². The number of unbranched alkanes of at least 4 members (excludes halogenated alkanes) is 6. The normalized spacial score (nSPS) is 22.5. The number of likely N-dealkylation sites (N-methyl/N-ethyl adjacent to an activating group) is 1. The summed E-state index contributed by atoms with van der Waals surface area (Å²) in [6.45, 7) is 4.04. The summed E-state index contributed by atoms with van der Waals surface area (Å²) in [5, 5.41) is 8.98. The molecule has 4 heteroatoms. The van der Waals surface area contributed by atoms with Crippen molar-refractivity contribution in [2.75, 3.05) is 26.7 Å². The SMILES string of the molecule is CCCCCCCCCC1=NCC[N+]1(C)CC(=O)O. The summed E-state index contributed by atoms with van der Waals surface area (Å²) in [6, 6.07) is 0. The summed E-state index contributed by atoms with van der Waals surface area (Å²) in [5.74, 6) is 0.368. The van der Waals surface area contributed by atoms with Gasteiger partial charge in [0.15, 0.2) is 12.4 Å². The van der Waals surface area contributed by atoms with Gasteiger partial charge in [0.25, 0.3) is 0 Å². The highest BCUT2D eigenvalue weighted by Gasteiger charge is 2.35. The second-order valence-corrected chi connectivity index (χ2v) is 5.84. The van der Waals surface area contributed by atoms with Gasteiger partial charge < -0.3 is 5.11 Å². The van der Waals surface area contributed by atoms with Crippen molar-refractivity contribution in [3.05, 3.63) is 0 Å². The van der Waals surface area contributed by atoms with E-state index >= 15 is 0 Å². The molecule has 19 heavy (non-hydrogen) atoms. The van der Waals surface area contributed by atoms with Crippen molar-refractivity contribution < 1.29 is 14.4 Å². The number of hydrogen-bond acceptors (Lipinski definition) is 2. The Hall–Kier alpha value is -0.900. The van der Waals surface area contributed by atoms with Crippen LogP contribution in [0.1, 0.15) is 58.3 Å². The minimum atomic E-state index is -0.725. The molecule has 0 saturated heterocycles. The first kappa shape index (κ1) is 16.2. The fourth-order valence-electron chi connectivity index (χ4n) is 2.76. The van der Waals surface area contributed by atoms with Crippen molar-refractivity contribution in [1.82, 2.24) is 0 Å². The molecule has 4 nitrogen and oxygen atoms in total. The van der Waals surface area contributed by atoms with E-state index in [1.165, 1.54) is 38.5 Å². The number of aliphatic imine (C=N–C) groups is 1. The molecule has 1 aliphatic heterocycles. The molecule has 0 bridgehead atoms. The Morgan fingerprint density at radius 2 is 1.84 bits per heavy atom. The monoisotopic (exact) mass is 269 g/mol. The summed E-state index contributed by atoms with van der Waals surface area (Å²) in [4.78, 5) is 15.4. The third-order valence-electron chi connectivity index (χ3n) is 4.00. The smallest absolute Gasteiger partial charge is 0.359 e. The van der Waals surface area contributed by atoms with Gasteiger partial charge in [-0.15, -0.1) is 0 Å². The molecule has 1 N–H and O–H groups in total. The second-order valence-electron chi connectivity index (χ2n) is 5.84. The van der Waals surface area contributed by atoms with E-state index < -0.39 is 5.97 Å².